The van der Waals surface area contributed by atoms with E-state index in [4.69, 9.17) is 8.83 Å². The SMILES string of the molecule is Cc1cc2c3c(c1)-n1c4oc5ccccc5c4c4cc(C(C)(C)C)cc(c41)B3c1ccc(N3c4ccc(C(C)(C)C)cc4C4(C)CCCCC34C)cc1N2c1cccc2oc3ccccc3c12. The van der Waals surface area contributed by atoms with E-state index in [1.54, 1.807) is 0 Å². The number of fused-ring (bicyclic) bond motifs is 15. The summed E-state index contributed by atoms with van der Waals surface area (Å²) >= 11 is 0. The molecular formula is C61H56BN3O2. The molecule has 3 aromatic heterocycles. The van der Waals surface area contributed by atoms with Gasteiger partial charge in [-0.2, -0.15) is 0 Å². The highest BCUT2D eigenvalue weighted by atomic mass is 16.3. The van der Waals surface area contributed by atoms with Crippen LogP contribution in [0.15, 0.2) is 136 Å². The van der Waals surface area contributed by atoms with Crippen LogP contribution in [0.5, 0.6) is 0 Å². The summed E-state index contributed by atoms with van der Waals surface area (Å²) in [7, 11) is 0. The molecule has 1 fully saturated rings. The third-order valence-corrected chi connectivity index (χ3v) is 17.1. The van der Waals surface area contributed by atoms with Crippen LogP contribution in [0.4, 0.5) is 28.4 Å². The van der Waals surface area contributed by atoms with Gasteiger partial charge in [-0.05, 0) is 137 Å². The number of benzene rings is 7. The molecule has 10 aromatic rings. The monoisotopic (exact) mass is 873 g/mol. The first-order valence-corrected chi connectivity index (χ1v) is 24.6. The fourth-order valence-corrected chi connectivity index (χ4v) is 13.5. The van der Waals surface area contributed by atoms with Crippen molar-refractivity contribution in [2.24, 2.45) is 0 Å². The number of rotatable bonds is 2. The zero-order valence-corrected chi connectivity index (χ0v) is 40.2. The highest BCUT2D eigenvalue weighted by Crippen LogP contribution is 2.62. The third kappa shape index (κ3) is 5.01. The summed E-state index contributed by atoms with van der Waals surface area (Å²) < 4.78 is 16.1. The molecule has 7 aromatic carbocycles. The van der Waals surface area contributed by atoms with Gasteiger partial charge < -0.3 is 18.6 Å². The number of aryl methyl sites for hydroxylation is 1. The van der Waals surface area contributed by atoms with Gasteiger partial charge >= 0.3 is 0 Å². The minimum Gasteiger partial charge on any atom is -0.456 e. The number of hydrogen-bond donors (Lipinski definition) is 0. The second-order valence-electron chi connectivity index (χ2n) is 22.9. The Hall–Kier alpha value is -6.66. The Morgan fingerprint density at radius 1 is 0.552 bits per heavy atom. The van der Waals surface area contributed by atoms with Crippen LogP contribution in [0, 0.1) is 6.92 Å². The van der Waals surface area contributed by atoms with Gasteiger partial charge in [0.1, 0.15) is 16.7 Å². The zero-order chi connectivity index (χ0) is 45.7. The molecule has 2 atom stereocenters. The summed E-state index contributed by atoms with van der Waals surface area (Å²) in [4.78, 5) is 5.36. The van der Waals surface area contributed by atoms with E-state index in [1.807, 2.05) is 0 Å². The molecule has 1 aliphatic carbocycles. The van der Waals surface area contributed by atoms with E-state index in [0.717, 1.165) is 50.7 Å². The first-order valence-electron chi connectivity index (χ1n) is 24.6. The number of anilines is 5. The number of aromatic nitrogens is 1. The first-order chi connectivity index (χ1) is 32.1. The Morgan fingerprint density at radius 2 is 1.25 bits per heavy atom. The lowest BCUT2D eigenvalue weighted by atomic mass is 9.33. The molecular weight excluding hydrogens is 818 g/mol. The lowest BCUT2D eigenvalue weighted by Crippen LogP contribution is -2.60. The van der Waals surface area contributed by atoms with Crippen LogP contribution in [-0.4, -0.2) is 16.8 Å². The van der Waals surface area contributed by atoms with Gasteiger partial charge in [0.25, 0.3) is 6.71 Å². The van der Waals surface area contributed by atoms with Crippen LogP contribution in [0.1, 0.15) is 103 Å². The summed E-state index contributed by atoms with van der Waals surface area (Å²) in [6, 6.07) is 48.5. The van der Waals surface area contributed by atoms with Crippen molar-refractivity contribution in [3.8, 4) is 5.69 Å². The first kappa shape index (κ1) is 39.5. The minimum atomic E-state index is -0.101. The average molecular weight is 874 g/mol. The summed E-state index contributed by atoms with van der Waals surface area (Å²) in [5.41, 5.74) is 21.5. The Labute approximate surface area is 393 Å². The van der Waals surface area contributed by atoms with Crippen LogP contribution in [0.25, 0.3) is 60.6 Å². The Kier molecular flexibility index (Phi) is 7.58. The molecule has 0 radical (unpaired) electrons. The molecule has 0 amide bonds. The number of hydrogen-bond acceptors (Lipinski definition) is 4. The molecule has 330 valence electrons. The van der Waals surface area contributed by atoms with Crippen molar-refractivity contribution in [2.75, 3.05) is 9.80 Å². The van der Waals surface area contributed by atoms with E-state index < -0.39 is 0 Å². The highest BCUT2D eigenvalue weighted by Gasteiger charge is 2.58. The Morgan fingerprint density at radius 3 is 2.03 bits per heavy atom. The van der Waals surface area contributed by atoms with E-state index in [2.05, 4.69) is 204 Å². The average Bonchev–Trinajstić information content (AvgIpc) is 4.02. The normalized spacial score (nSPS) is 19.8. The third-order valence-electron chi connectivity index (χ3n) is 17.1. The molecule has 1 saturated carbocycles. The predicted molar refractivity (Wildman–Crippen MR) is 282 cm³/mol. The molecule has 0 N–H and O–H groups in total. The van der Waals surface area contributed by atoms with E-state index in [-0.39, 0.29) is 28.5 Å². The van der Waals surface area contributed by atoms with Crippen molar-refractivity contribution in [3.63, 3.8) is 0 Å². The van der Waals surface area contributed by atoms with Crippen LogP contribution in [-0.2, 0) is 16.2 Å². The zero-order valence-electron chi connectivity index (χ0n) is 40.2. The van der Waals surface area contributed by atoms with Crippen molar-refractivity contribution < 1.29 is 8.83 Å². The lowest BCUT2D eigenvalue weighted by Gasteiger charge is -2.50. The molecule has 4 aliphatic rings. The van der Waals surface area contributed by atoms with Gasteiger partial charge in [-0.1, -0.05) is 128 Å². The fraction of sp³-hybridized carbons (Fsp3) is 0.279. The van der Waals surface area contributed by atoms with Crippen LogP contribution in [0.2, 0.25) is 0 Å². The van der Waals surface area contributed by atoms with Crippen molar-refractivity contribution in [1.82, 2.24) is 4.57 Å². The molecule has 0 saturated heterocycles. The minimum absolute atomic E-state index is 0.00617. The molecule has 3 aliphatic heterocycles. The van der Waals surface area contributed by atoms with Gasteiger partial charge in [-0.15, -0.1) is 0 Å². The van der Waals surface area contributed by atoms with Crippen LogP contribution >= 0.6 is 0 Å². The van der Waals surface area contributed by atoms with E-state index in [1.165, 1.54) is 103 Å². The van der Waals surface area contributed by atoms with E-state index in [0.29, 0.717) is 0 Å². The van der Waals surface area contributed by atoms with Crippen molar-refractivity contribution in [2.45, 2.75) is 110 Å². The second-order valence-corrected chi connectivity index (χ2v) is 22.9. The Bertz CT molecular complexity index is 3810. The molecule has 67 heavy (non-hydrogen) atoms. The van der Waals surface area contributed by atoms with Gasteiger partial charge in [0.2, 0.25) is 5.71 Å². The lowest BCUT2D eigenvalue weighted by molar-refractivity contribution is 0.195. The van der Waals surface area contributed by atoms with Crippen LogP contribution in [0.3, 0.4) is 0 Å². The van der Waals surface area contributed by atoms with E-state index in [9.17, 15) is 0 Å². The van der Waals surface area contributed by atoms with Crippen LogP contribution < -0.4 is 26.2 Å². The summed E-state index contributed by atoms with van der Waals surface area (Å²) in [5.74, 6) is 0. The maximum Gasteiger partial charge on any atom is 0.252 e. The van der Waals surface area contributed by atoms with Crippen molar-refractivity contribution >= 4 is 106 Å². The number of para-hydroxylation sites is 2. The maximum absolute atomic E-state index is 6.99. The summed E-state index contributed by atoms with van der Waals surface area (Å²) in [6.45, 7) is 21.5. The molecule has 6 heterocycles. The van der Waals surface area contributed by atoms with Gasteiger partial charge in [-0.3, -0.25) is 4.57 Å². The molecule has 14 rings (SSSR count). The number of furan rings is 2. The largest absolute Gasteiger partial charge is 0.456 e. The smallest absolute Gasteiger partial charge is 0.252 e. The van der Waals surface area contributed by atoms with Gasteiger partial charge in [0.15, 0.2) is 0 Å². The second kappa shape index (κ2) is 12.9. The van der Waals surface area contributed by atoms with Gasteiger partial charge in [-0.25, -0.2) is 0 Å². The molecule has 0 bridgehead atoms. The van der Waals surface area contributed by atoms with E-state index >= 15 is 0 Å². The van der Waals surface area contributed by atoms with Crippen molar-refractivity contribution in [3.05, 3.63) is 150 Å². The molecule has 5 nitrogen and oxygen atoms in total. The summed E-state index contributed by atoms with van der Waals surface area (Å²) in [5, 5.41) is 5.87. The number of nitrogens with zero attached hydrogens (tertiary/aromatic N) is 3. The molecule has 6 heteroatoms. The standard InChI is InChI=1S/C61H56BN3O2/c1-35-29-48-55-49(30-35)64-56-41(53-39-17-10-13-21-51(39)67-57(53)64)31-37(59(5,6)7)33-44(56)62(55)43-25-24-38(34-47(43)63(48)46-19-16-22-52-54(46)40-18-11-12-20-50(40)66-52)65-45-26-23-36(58(2,3)4)32-42(45)60(8)27-14-15-28-61(60,65)9/h10-13,16-26,29-34H,14-15,27-28H2,1-9H3. The maximum atomic E-state index is 6.99. The molecule has 0 spiro atoms. The quantitative estimate of drug-likeness (QED) is 0.162. The van der Waals surface area contributed by atoms with Crippen molar-refractivity contribution in [1.29, 1.82) is 0 Å². The van der Waals surface area contributed by atoms with Gasteiger partial charge in [0, 0.05) is 50.0 Å². The predicted octanol–water partition coefficient (Wildman–Crippen LogP) is 14.7. The summed E-state index contributed by atoms with van der Waals surface area (Å²) in [6.07, 6.45) is 4.81. The fourth-order valence-electron chi connectivity index (χ4n) is 13.5. The highest BCUT2D eigenvalue weighted by molar-refractivity contribution is 7.00. The Balaban J connectivity index is 1.11. The topological polar surface area (TPSA) is 37.7 Å². The van der Waals surface area contributed by atoms with Gasteiger partial charge in [0.05, 0.1) is 27.5 Å². The molecule has 2 unspecified atom stereocenters.